The molecule has 0 rings (SSSR count). The van der Waals surface area contributed by atoms with Gasteiger partial charge in [0.15, 0.2) is 0 Å². The molecule has 0 aliphatic rings. The molecule has 0 saturated carbocycles. The largest absolute Gasteiger partial charge is 0.409 e. The minimum absolute atomic E-state index is 0.113. The lowest BCUT2D eigenvalue weighted by atomic mass is 10.0. The fraction of sp³-hybridized carbons (Fsp3) is 0.778. The summed E-state index contributed by atoms with van der Waals surface area (Å²) < 4.78 is 0. The molecule has 0 aromatic rings. The second-order valence-electron chi connectivity index (χ2n) is 3.96. The number of amides is 1. The molecule has 0 aliphatic heterocycles. The molecule has 0 fully saturated rings. The van der Waals surface area contributed by atoms with Crippen LogP contribution in [0.5, 0.6) is 0 Å². The molecule has 0 saturated heterocycles. The fourth-order valence-electron chi connectivity index (χ4n) is 1.17. The molecule has 0 heterocycles. The van der Waals surface area contributed by atoms with Crippen LogP contribution in [-0.4, -0.2) is 29.5 Å². The highest BCUT2D eigenvalue weighted by Gasteiger charge is 2.20. The van der Waals surface area contributed by atoms with Crippen molar-refractivity contribution in [3.05, 3.63) is 0 Å². The van der Waals surface area contributed by atoms with Crippen LogP contribution >= 0.6 is 0 Å². The first kappa shape index (κ1) is 13.7. The predicted octanol–water partition coefficient (Wildman–Crippen LogP) is -0.532. The molecule has 0 bridgehead atoms. The Hall–Kier alpha value is -1.30. The van der Waals surface area contributed by atoms with Gasteiger partial charge in [0, 0.05) is 12.5 Å². The van der Waals surface area contributed by atoms with Gasteiger partial charge >= 0.3 is 0 Å². The Bertz CT molecular complexity index is 240. The highest BCUT2D eigenvalue weighted by molar-refractivity contribution is 5.82. The van der Waals surface area contributed by atoms with E-state index in [1.54, 1.807) is 6.92 Å². The lowest BCUT2D eigenvalue weighted by Crippen LogP contribution is -2.47. The van der Waals surface area contributed by atoms with Crippen molar-refractivity contribution in [2.75, 3.05) is 6.54 Å². The molecule has 0 radical (unpaired) electrons. The third-order valence-electron chi connectivity index (χ3n) is 2.24. The van der Waals surface area contributed by atoms with Gasteiger partial charge in [-0.3, -0.25) is 4.79 Å². The second-order valence-corrected chi connectivity index (χ2v) is 3.96. The van der Waals surface area contributed by atoms with Crippen LogP contribution in [0.1, 0.15) is 20.8 Å². The topological polar surface area (TPSA) is 114 Å². The van der Waals surface area contributed by atoms with Crippen LogP contribution in [0.25, 0.3) is 0 Å². The van der Waals surface area contributed by atoms with Gasteiger partial charge in [0.1, 0.15) is 5.84 Å². The van der Waals surface area contributed by atoms with Crippen molar-refractivity contribution in [3.8, 4) is 0 Å². The third kappa shape index (κ3) is 4.64. The number of nitrogens with one attached hydrogen (secondary N) is 1. The summed E-state index contributed by atoms with van der Waals surface area (Å²) in [6.07, 6.45) is 0. The van der Waals surface area contributed by atoms with Crippen molar-refractivity contribution in [2.24, 2.45) is 28.5 Å². The zero-order valence-electron chi connectivity index (χ0n) is 9.40. The van der Waals surface area contributed by atoms with E-state index in [4.69, 9.17) is 16.7 Å². The molecule has 15 heavy (non-hydrogen) atoms. The van der Waals surface area contributed by atoms with E-state index in [9.17, 15) is 4.79 Å². The van der Waals surface area contributed by atoms with Crippen LogP contribution in [0, 0.1) is 11.8 Å². The van der Waals surface area contributed by atoms with Crippen LogP contribution in [0.4, 0.5) is 0 Å². The van der Waals surface area contributed by atoms with E-state index in [0.29, 0.717) is 6.54 Å². The molecule has 0 aromatic carbocycles. The quantitative estimate of drug-likeness (QED) is 0.207. The highest BCUT2D eigenvalue weighted by Crippen LogP contribution is 2.02. The SMILES string of the molecule is CC(CNC(C(N)=O)C(C)C)C(N)=NO. The third-order valence-corrected chi connectivity index (χ3v) is 2.24. The molecule has 2 atom stereocenters. The minimum Gasteiger partial charge on any atom is -0.409 e. The van der Waals surface area contributed by atoms with Crippen molar-refractivity contribution in [3.63, 3.8) is 0 Å². The lowest BCUT2D eigenvalue weighted by molar-refractivity contribution is -0.121. The van der Waals surface area contributed by atoms with E-state index in [-0.39, 0.29) is 23.7 Å². The maximum atomic E-state index is 11.0. The van der Waals surface area contributed by atoms with Crippen LogP contribution in [0.2, 0.25) is 0 Å². The number of primary amides is 1. The van der Waals surface area contributed by atoms with Gasteiger partial charge in [-0.25, -0.2) is 0 Å². The summed E-state index contributed by atoms with van der Waals surface area (Å²) in [6, 6.07) is -0.390. The van der Waals surface area contributed by atoms with Crippen molar-refractivity contribution in [1.29, 1.82) is 0 Å². The summed E-state index contributed by atoms with van der Waals surface area (Å²) in [5, 5.41) is 14.3. The van der Waals surface area contributed by atoms with Gasteiger partial charge in [-0.05, 0) is 5.92 Å². The Morgan fingerprint density at radius 2 is 1.93 bits per heavy atom. The van der Waals surface area contributed by atoms with Gasteiger partial charge in [0.2, 0.25) is 5.91 Å². The van der Waals surface area contributed by atoms with E-state index in [1.807, 2.05) is 13.8 Å². The Morgan fingerprint density at radius 3 is 2.27 bits per heavy atom. The monoisotopic (exact) mass is 216 g/mol. The Balaban J connectivity index is 4.17. The molecule has 6 N–H and O–H groups in total. The standard InChI is InChI=1S/C9H20N4O2/c1-5(2)7(9(11)14)12-4-6(3)8(10)13-15/h5-7,12,15H,4H2,1-3H3,(H2,10,13)(H2,11,14). The number of carbonyl (C=O) groups excluding carboxylic acids is 1. The zero-order valence-corrected chi connectivity index (χ0v) is 9.40. The number of oxime groups is 1. The number of nitrogens with zero attached hydrogens (tertiary/aromatic N) is 1. The molecule has 6 nitrogen and oxygen atoms in total. The number of nitrogens with two attached hydrogens (primary N) is 2. The van der Waals surface area contributed by atoms with Crippen LogP contribution < -0.4 is 16.8 Å². The lowest BCUT2D eigenvalue weighted by Gasteiger charge is -2.20. The van der Waals surface area contributed by atoms with Gasteiger partial charge in [-0.2, -0.15) is 0 Å². The average molecular weight is 216 g/mol. The summed E-state index contributed by atoms with van der Waals surface area (Å²) in [5.74, 6) is -0.288. The highest BCUT2D eigenvalue weighted by atomic mass is 16.4. The van der Waals surface area contributed by atoms with Gasteiger partial charge in [0.25, 0.3) is 0 Å². The van der Waals surface area contributed by atoms with Crippen LogP contribution in [-0.2, 0) is 4.79 Å². The van der Waals surface area contributed by atoms with Crippen molar-refractivity contribution in [1.82, 2.24) is 5.32 Å². The van der Waals surface area contributed by atoms with Crippen LogP contribution in [0.3, 0.4) is 0 Å². The molecule has 6 heteroatoms. The van der Waals surface area contributed by atoms with E-state index >= 15 is 0 Å². The average Bonchev–Trinajstić information content (AvgIpc) is 2.15. The number of hydrogen-bond donors (Lipinski definition) is 4. The van der Waals surface area contributed by atoms with Crippen molar-refractivity contribution in [2.45, 2.75) is 26.8 Å². The molecular formula is C9H20N4O2. The number of rotatable bonds is 6. The Morgan fingerprint density at radius 1 is 1.40 bits per heavy atom. The van der Waals surface area contributed by atoms with Crippen LogP contribution in [0.15, 0.2) is 5.16 Å². The first-order valence-electron chi connectivity index (χ1n) is 4.90. The van der Waals surface area contributed by atoms with Gasteiger partial charge in [-0.1, -0.05) is 25.9 Å². The summed E-state index contributed by atoms with van der Waals surface area (Å²) in [6.45, 7) is 6.04. The summed E-state index contributed by atoms with van der Waals surface area (Å²) in [7, 11) is 0. The zero-order chi connectivity index (χ0) is 12.0. The molecule has 2 unspecified atom stereocenters. The van der Waals surface area contributed by atoms with E-state index < -0.39 is 5.91 Å². The maximum absolute atomic E-state index is 11.0. The molecular weight excluding hydrogens is 196 g/mol. The number of hydrogen-bond acceptors (Lipinski definition) is 4. The second kappa shape index (κ2) is 6.23. The predicted molar refractivity (Wildman–Crippen MR) is 58.4 cm³/mol. The summed E-state index contributed by atoms with van der Waals surface area (Å²) in [5.41, 5.74) is 10.6. The first-order chi connectivity index (χ1) is 6.90. The molecule has 88 valence electrons. The molecule has 0 spiro atoms. The van der Waals surface area contributed by atoms with Gasteiger partial charge in [0.05, 0.1) is 6.04 Å². The normalized spacial score (nSPS) is 16.4. The minimum atomic E-state index is -0.392. The van der Waals surface area contributed by atoms with E-state index in [2.05, 4.69) is 10.5 Å². The first-order valence-corrected chi connectivity index (χ1v) is 4.90. The Labute approximate surface area is 89.7 Å². The maximum Gasteiger partial charge on any atom is 0.234 e. The number of carbonyl (C=O) groups is 1. The smallest absolute Gasteiger partial charge is 0.234 e. The molecule has 0 aliphatic carbocycles. The van der Waals surface area contributed by atoms with Gasteiger partial charge in [-0.15, -0.1) is 0 Å². The van der Waals surface area contributed by atoms with Gasteiger partial charge < -0.3 is 22.0 Å². The summed E-state index contributed by atoms with van der Waals surface area (Å²) in [4.78, 5) is 11.0. The fourth-order valence-corrected chi connectivity index (χ4v) is 1.17. The number of amidine groups is 1. The van der Waals surface area contributed by atoms with Crippen molar-refractivity contribution >= 4 is 11.7 Å². The van der Waals surface area contributed by atoms with E-state index in [0.717, 1.165) is 0 Å². The molecule has 1 amide bonds. The van der Waals surface area contributed by atoms with E-state index in [1.165, 1.54) is 0 Å². The summed E-state index contributed by atoms with van der Waals surface area (Å²) >= 11 is 0. The Kier molecular flexibility index (Phi) is 5.69. The molecule has 0 aromatic heterocycles. The van der Waals surface area contributed by atoms with Crippen molar-refractivity contribution < 1.29 is 10.0 Å².